The zero-order valence-corrected chi connectivity index (χ0v) is 17.6. The highest BCUT2D eigenvalue weighted by atomic mass is 16.5. The Bertz CT molecular complexity index is 1030. The van der Waals surface area contributed by atoms with Gasteiger partial charge in [0.05, 0.1) is 31.2 Å². The Kier molecular flexibility index (Phi) is 5.97. The van der Waals surface area contributed by atoms with Gasteiger partial charge in [0.1, 0.15) is 5.69 Å². The number of pyridine rings is 1. The Morgan fingerprint density at radius 1 is 1.23 bits per heavy atom. The highest BCUT2D eigenvalue weighted by molar-refractivity contribution is 5.99. The van der Waals surface area contributed by atoms with Crippen LogP contribution in [0.25, 0.3) is 17.0 Å². The van der Waals surface area contributed by atoms with Crippen LogP contribution in [0.5, 0.6) is 0 Å². The molecular weight excluding hydrogens is 396 g/mol. The minimum atomic E-state index is -0.165. The van der Waals surface area contributed by atoms with E-state index in [1.807, 2.05) is 45.9 Å². The number of nitrogens with one attached hydrogen (secondary N) is 1. The first kappa shape index (κ1) is 20.2. The second-order valence-corrected chi connectivity index (χ2v) is 8.04. The quantitative estimate of drug-likeness (QED) is 0.618. The number of fused-ring (bicyclic) bond motifs is 1. The Morgan fingerprint density at radius 3 is 2.97 bits per heavy atom. The van der Waals surface area contributed by atoms with Gasteiger partial charge in [-0.05, 0) is 25.0 Å². The Labute approximate surface area is 181 Å². The molecule has 164 valence electrons. The molecule has 2 aliphatic rings. The van der Waals surface area contributed by atoms with Crippen LogP contribution in [0.4, 0.5) is 0 Å². The van der Waals surface area contributed by atoms with Crippen molar-refractivity contribution in [2.75, 3.05) is 46.0 Å². The molecule has 9 nitrogen and oxygen atoms in total. The minimum absolute atomic E-state index is 0.165. The predicted molar refractivity (Wildman–Crippen MR) is 115 cm³/mol. The first-order chi connectivity index (χ1) is 15.3. The summed E-state index contributed by atoms with van der Waals surface area (Å²) in [5, 5.41) is 3.02. The van der Waals surface area contributed by atoms with Crippen molar-refractivity contribution >= 4 is 11.4 Å². The molecule has 0 aromatic carbocycles. The van der Waals surface area contributed by atoms with Crippen LogP contribution in [0.15, 0.2) is 36.9 Å². The zero-order chi connectivity index (χ0) is 21.0. The van der Waals surface area contributed by atoms with Crippen molar-refractivity contribution in [3.8, 4) is 11.5 Å². The molecule has 2 fully saturated rings. The zero-order valence-electron chi connectivity index (χ0n) is 17.6. The lowest BCUT2D eigenvalue weighted by Gasteiger charge is -2.26. The maximum Gasteiger partial charge on any atom is 0.272 e. The summed E-state index contributed by atoms with van der Waals surface area (Å²) in [7, 11) is 0. The fourth-order valence-corrected chi connectivity index (χ4v) is 4.22. The van der Waals surface area contributed by atoms with Gasteiger partial charge in [-0.3, -0.25) is 14.1 Å². The van der Waals surface area contributed by atoms with Crippen LogP contribution in [0, 0.1) is 0 Å². The van der Waals surface area contributed by atoms with Gasteiger partial charge >= 0.3 is 0 Å². The summed E-state index contributed by atoms with van der Waals surface area (Å²) >= 11 is 0. The summed E-state index contributed by atoms with van der Waals surface area (Å²) < 4.78 is 15.1. The number of rotatable bonds is 7. The molecular formula is C22H28N6O3. The van der Waals surface area contributed by atoms with E-state index in [0.29, 0.717) is 18.1 Å². The number of amides is 1. The van der Waals surface area contributed by atoms with E-state index in [1.54, 1.807) is 0 Å². The third-order valence-electron chi connectivity index (χ3n) is 5.88. The molecule has 5 heterocycles. The summed E-state index contributed by atoms with van der Waals surface area (Å²) in [5.74, 6) is 0.502. The standard InChI is InChI=1S/C22H28N6O3/c29-22(23-6-8-26-9-12-30-13-10-26)20-19-5-1-2-7-28(19)21(25-20)18-15-27(16-24-18)14-17-4-3-11-31-17/h1-2,5,7,15-17H,3-4,6,8-14H2,(H,23,29)/t17-/m0/s1. The van der Waals surface area contributed by atoms with Gasteiger partial charge in [-0.25, -0.2) is 9.97 Å². The van der Waals surface area contributed by atoms with Gasteiger partial charge in [0.15, 0.2) is 11.5 Å². The molecule has 31 heavy (non-hydrogen) atoms. The Morgan fingerprint density at radius 2 is 2.13 bits per heavy atom. The molecule has 0 aliphatic carbocycles. The van der Waals surface area contributed by atoms with E-state index in [2.05, 4.69) is 20.2 Å². The number of nitrogens with zero attached hydrogens (tertiary/aromatic N) is 5. The van der Waals surface area contributed by atoms with Crippen molar-refractivity contribution in [2.45, 2.75) is 25.5 Å². The van der Waals surface area contributed by atoms with Gasteiger partial charge in [-0.15, -0.1) is 0 Å². The average Bonchev–Trinajstić information content (AvgIpc) is 3.55. The van der Waals surface area contributed by atoms with Gasteiger partial charge in [0, 0.05) is 51.7 Å². The molecule has 1 N–H and O–H groups in total. The van der Waals surface area contributed by atoms with E-state index in [1.165, 1.54) is 0 Å². The topological polar surface area (TPSA) is 85.9 Å². The maximum absolute atomic E-state index is 12.9. The van der Waals surface area contributed by atoms with E-state index < -0.39 is 0 Å². The van der Waals surface area contributed by atoms with Crippen LogP contribution in [0.2, 0.25) is 0 Å². The maximum atomic E-state index is 12.9. The molecule has 9 heteroatoms. The van der Waals surface area contributed by atoms with Gasteiger partial charge in [-0.2, -0.15) is 0 Å². The smallest absolute Gasteiger partial charge is 0.272 e. The van der Waals surface area contributed by atoms with Crippen LogP contribution < -0.4 is 5.32 Å². The predicted octanol–water partition coefficient (Wildman–Crippen LogP) is 1.44. The number of carbonyl (C=O) groups excluding carboxylic acids is 1. The van der Waals surface area contributed by atoms with E-state index in [-0.39, 0.29) is 12.0 Å². The van der Waals surface area contributed by atoms with E-state index in [9.17, 15) is 4.79 Å². The van der Waals surface area contributed by atoms with Crippen LogP contribution in [-0.2, 0) is 16.0 Å². The highest BCUT2D eigenvalue weighted by Gasteiger charge is 2.21. The molecule has 1 amide bonds. The summed E-state index contributed by atoms with van der Waals surface area (Å²) in [5.41, 5.74) is 1.94. The van der Waals surface area contributed by atoms with E-state index >= 15 is 0 Å². The second-order valence-electron chi connectivity index (χ2n) is 8.04. The average molecular weight is 425 g/mol. The molecule has 1 atom stereocenters. The molecule has 3 aromatic heterocycles. The normalized spacial score (nSPS) is 19.8. The first-order valence-electron chi connectivity index (χ1n) is 11.0. The Hall–Kier alpha value is -2.75. The fraction of sp³-hybridized carbons (Fsp3) is 0.500. The highest BCUT2D eigenvalue weighted by Crippen LogP contribution is 2.22. The summed E-state index contributed by atoms with van der Waals surface area (Å²) in [4.78, 5) is 24.4. The molecule has 0 unspecified atom stereocenters. The fourth-order valence-electron chi connectivity index (χ4n) is 4.22. The number of imidazole rings is 2. The van der Waals surface area contributed by atoms with Crippen molar-refractivity contribution in [3.63, 3.8) is 0 Å². The molecule has 0 saturated carbocycles. The van der Waals surface area contributed by atoms with E-state index in [0.717, 1.165) is 70.1 Å². The largest absolute Gasteiger partial charge is 0.379 e. The third kappa shape index (κ3) is 4.48. The minimum Gasteiger partial charge on any atom is -0.379 e. The monoisotopic (exact) mass is 424 g/mol. The van der Waals surface area contributed by atoms with Crippen molar-refractivity contribution in [1.29, 1.82) is 0 Å². The number of ether oxygens (including phenoxy) is 2. The number of carbonyl (C=O) groups is 1. The van der Waals surface area contributed by atoms with Crippen LogP contribution in [0.1, 0.15) is 23.3 Å². The Balaban J connectivity index is 1.32. The van der Waals surface area contributed by atoms with Crippen LogP contribution in [-0.4, -0.2) is 81.8 Å². The molecule has 0 spiro atoms. The van der Waals surface area contributed by atoms with E-state index in [4.69, 9.17) is 9.47 Å². The number of aromatic nitrogens is 4. The molecule has 5 rings (SSSR count). The summed E-state index contributed by atoms with van der Waals surface area (Å²) in [6, 6.07) is 5.76. The molecule has 2 aliphatic heterocycles. The second kappa shape index (κ2) is 9.17. The van der Waals surface area contributed by atoms with Crippen LogP contribution in [0.3, 0.4) is 0 Å². The van der Waals surface area contributed by atoms with Crippen molar-refractivity contribution in [1.82, 2.24) is 29.2 Å². The van der Waals surface area contributed by atoms with Crippen molar-refractivity contribution < 1.29 is 14.3 Å². The third-order valence-corrected chi connectivity index (χ3v) is 5.88. The van der Waals surface area contributed by atoms with Gasteiger partial charge < -0.3 is 19.4 Å². The number of morpholine rings is 1. The lowest BCUT2D eigenvalue weighted by atomic mass is 10.2. The van der Waals surface area contributed by atoms with Gasteiger partial charge in [0.2, 0.25) is 0 Å². The molecule has 0 bridgehead atoms. The summed E-state index contributed by atoms with van der Waals surface area (Å²) in [6.45, 7) is 6.32. The van der Waals surface area contributed by atoms with Gasteiger partial charge in [0.25, 0.3) is 5.91 Å². The number of hydrogen-bond donors (Lipinski definition) is 1. The lowest BCUT2D eigenvalue weighted by molar-refractivity contribution is 0.0383. The van der Waals surface area contributed by atoms with Crippen molar-refractivity contribution in [3.05, 3.63) is 42.6 Å². The lowest BCUT2D eigenvalue weighted by Crippen LogP contribution is -2.41. The molecule has 0 radical (unpaired) electrons. The van der Waals surface area contributed by atoms with Gasteiger partial charge in [-0.1, -0.05) is 6.07 Å². The molecule has 2 saturated heterocycles. The van der Waals surface area contributed by atoms with Crippen LogP contribution >= 0.6 is 0 Å². The summed E-state index contributed by atoms with van der Waals surface area (Å²) in [6.07, 6.45) is 8.14. The number of hydrogen-bond acceptors (Lipinski definition) is 6. The van der Waals surface area contributed by atoms with Crippen molar-refractivity contribution in [2.24, 2.45) is 0 Å². The molecule has 3 aromatic rings. The SMILES string of the molecule is O=C(NCCN1CCOCC1)c1nc(-c2cn(C[C@@H]3CCCO3)cn2)n2ccccc12. The first-order valence-corrected chi connectivity index (χ1v) is 11.0.